The molecule has 0 saturated carbocycles. The summed E-state index contributed by atoms with van der Waals surface area (Å²) in [6.45, 7) is 0.972. The topological polar surface area (TPSA) is 46.6 Å². The number of methoxy groups -OCH3 is 1. The third-order valence-corrected chi connectivity index (χ3v) is 7.42. The Kier molecular flexibility index (Phi) is 6.13. The first-order valence-corrected chi connectivity index (χ1v) is 10.7. The molecule has 2 aromatic carbocycles. The van der Waals surface area contributed by atoms with Crippen LogP contribution in [0.2, 0.25) is 10.0 Å². The van der Waals surface area contributed by atoms with Crippen LogP contribution in [0.15, 0.2) is 47.4 Å². The fourth-order valence-electron chi connectivity index (χ4n) is 3.30. The van der Waals surface area contributed by atoms with Crippen molar-refractivity contribution >= 4 is 33.2 Å². The lowest BCUT2D eigenvalue weighted by Crippen LogP contribution is -2.39. The lowest BCUT2D eigenvalue weighted by molar-refractivity contribution is 0.273. The molecule has 0 spiro atoms. The molecule has 1 saturated heterocycles. The minimum Gasteiger partial charge on any atom is -0.495 e. The van der Waals surface area contributed by atoms with Gasteiger partial charge in [-0.2, -0.15) is 4.31 Å². The predicted octanol–water partition coefficient (Wildman–Crippen LogP) is 4.65. The molecular weight excluding hydrogens is 393 g/mol. The van der Waals surface area contributed by atoms with Crippen LogP contribution >= 0.6 is 23.2 Å². The molecule has 2 aromatic rings. The van der Waals surface area contributed by atoms with Crippen molar-refractivity contribution < 1.29 is 13.2 Å². The van der Waals surface area contributed by atoms with Gasteiger partial charge in [-0.15, -0.1) is 0 Å². The molecule has 0 aliphatic carbocycles. The van der Waals surface area contributed by atoms with E-state index >= 15 is 0 Å². The fourth-order valence-corrected chi connectivity index (χ4v) is 5.60. The molecule has 0 atom stereocenters. The van der Waals surface area contributed by atoms with Crippen molar-refractivity contribution in [1.82, 2.24) is 4.31 Å². The number of ether oxygens (including phenoxy) is 1. The lowest BCUT2D eigenvalue weighted by atomic mass is 9.91. The minimum absolute atomic E-state index is 0.0338. The summed E-state index contributed by atoms with van der Waals surface area (Å²) in [6.07, 6.45) is 2.63. The zero-order valence-corrected chi connectivity index (χ0v) is 16.8. The van der Waals surface area contributed by atoms with E-state index in [1.54, 1.807) is 0 Å². The zero-order chi connectivity index (χ0) is 18.7. The van der Waals surface area contributed by atoms with Gasteiger partial charge in [-0.05, 0) is 36.8 Å². The Bertz CT molecular complexity index is 864. The Morgan fingerprint density at radius 1 is 1.08 bits per heavy atom. The molecule has 1 aliphatic heterocycles. The summed E-state index contributed by atoms with van der Waals surface area (Å²) in [6, 6.07) is 13.1. The maximum atomic E-state index is 13.0. The molecule has 1 aliphatic rings. The molecular formula is C19H21Cl2NO3S. The molecule has 4 nitrogen and oxygen atoms in total. The molecule has 0 radical (unpaired) electrons. The molecule has 1 heterocycles. The highest BCUT2D eigenvalue weighted by Gasteiger charge is 2.31. The number of hydrogen-bond acceptors (Lipinski definition) is 3. The van der Waals surface area contributed by atoms with Crippen LogP contribution < -0.4 is 4.74 Å². The van der Waals surface area contributed by atoms with E-state index in [1.165, 1.54) is 29.1 Å². The third-order valence-electron chi connectivity index (χ3n) is 4.76. The van der Waals surface area contributed by atoms with E-state index in [-0.39, 0.29) is 14.9 Å². The van der Waals surface area contributed by atoms with Crippen molar-refractivity contribution in [2.45, 2.75) is 24.2 Å². The van der Waals surface area contributed by atoms with Gasteiger partial charge < -0.3 is 4.74 Å². The lowest BCUT2D eigenvalue weighted by Gasteiger charge is -2.31. The number of nitrogens with zero attached hydrogens (tertiary/aromatic N) is 1. The van der Waals surface area contributed by atoms with Gasteiger partial charge in [-0.25, -0.2) is 8.42 Å². The van der Waals surface area contributed by atoms with Gasteiger partial charge in [0.15, 0.2) is 0 Å². The van der Waals surface area contributed by atoms with Crippen LogP contribution in [0, 0.1) is 5.92 Å². The summed E-state index contributed by atoms with van der Waals surface area (Å²) in [5, 5.41) is 0.354. The summed E-state index contributed by atoms with van der Waals surface area (Å²) in [5.41, 5.74) is 1.29. The van der Waals surface area contributed by atoms with Gasteiger partial charge in [0.2, 0.25) is 10.0 Å². The number of halogens is 2. The van der Waals surface area contributed by atoms with Crippen molar-refractivity contribution in [3.63, 3.8) is 0 Å². The van der Waals surface area contributed by atoms with Gasteiger partial charge >= 0.3 is 0 Å². The van der Waals surface area contributed by atoms with Crippen molar-refractivity contribution in [3.8, 4) is 5.75 Å². The first-order chi connectivity index (χ1) is 12.4. The number of sulfonamides is 1. The highest BCUT2D eigenvalue weighted by molar-refractivity contribution is 7.89. The number of benzene rings is 2. The van der Waals surface area contributed by atoms with E-state index in [2.05, 4.69) is 12.1 Å². The predicted molar refractivity (Wildman–Crippen MR) is 105 cm³/mol. The molecule has 26 heavy (non-hydrogen) atoms. The largest absolute Gasteiger partial charge is 0.495 e. The first kappa shape index (κ1) is 19.5. The van der Waals surface area contributed by atoms with Gasteiger partial charge in [-0.1, -0.05) is 53.5 Å². The van der Waals surface area contributed by atoms with Crippen LogP contribution in [0.5, 0.6) is 5.75 Å². The summed E-state index contributed by atoms with van der Waals surface area (Å²) in [5.74, 6) is 0.843. The maximum Gasteiger partial charge on any atom is 0.244 e. The van der Waals surface area contributed by atoms with Crippen LogP contribution in [-0.4, -0.2) is 32.9 Å². The summed E-state index contributed by atoms with van der Waals surface area (Å²) < 4.78 is 32.5. The minimum atomic E-state index is -3.68. The third kappa shape index (κ3) is 4.17. The van der Waals surface area contributed by atoms with Crippen molar-refractivity contribution in [2.24, 2.45) is 5.92 Å². The summed E-state index contributed by atoms with van der Waals surface area (Å²) >= 11 is 12.3. The van der Waals surface area contributed by atoms with E-state index < -0.39 is 10.0 Å². The Labute approximate surface area is 164 Å². The second kappa shape index (κ2) is 8.17. The Hall–Kier alpha value is -1.27. The van der Waals surface area contributed by atoms with Gasteiger partial charge in [0.05, 0.1) is 17.2 Å². The van der Waals surface area contributed by atoms with Gasteiger partial charge in [0.1, 0.15) is 10.6 Å². The molecule has 7 heteroatoms. The van der Waals surface area contributed by atoms with E-state index in [0.29, 0.717) is 24.8 Å². The fraction of sp³-hybridized carbons (Fsp3) is 0.368. The van der Waals surface area contributed by atoms with Crippen molar-refractivity contribution in [1.29, 1.82) is 0 Å². The van der Waals surface area contributed by atoms with Gasteiger partial charge in [-0.3, -0.25) is 0 Å². The van der Waals surface area contributed by atoms with E-state index in [0.717, 1.165) is 19.3 Å². The molecule has 0 amide bonds. The quantitative estimate of drug-likeness (QED) is 0.716. The Balaban J connectivity index is 1.71. The number of rotatable bonds is 5. The number of hydrogen-bond donors (Lipinski definition) is 0. The zero-order valence-electron chi connectivity index (χ0n) is 14.5. The molecule has 1 fully saturated rings. The summed E-state index contributed by atoms with van der Waals surface area (Å²) in [7, 11) is -2.21. The molecule has 0 bridgehead atoms. The maximum absolute atomic E-state index is 13.0. The SMILES string of the molecule is COc1cc(Cl)c(S(=O)(=O)N2CCC(Cc3ccccc3)CC2)cc1Cl. The highest BCUT2D eigenvalue weighted by Crippen LogP contribution is 2.36. The molecule has 3 rings (SSSR count). The van der Waals surface area contributed by atoms with E-state index in [9.17, 15) is 8.42 Å². The van der Waals surface area contributed by atoms with Gasteiger partial charge in [0, 0.05) is 19.2 Å². The highest BCUT2D eigenvalue weighted by atomic mass is 35.5. The second-order valence-corrected chi connectivity index (χ2v) is 9.18. The molecule has 0 aromatic heterocycles. The summed E-state index contributed by atoms with van der Waals surface area (Å²) in [4.78, 5) is 0.0338. The first-order valence-electron chi connectivity index (χ1n) is 8.49. The normalized spacial score (nSPS) is 16.6. The smallest absolute Gasteiger partial charge is 0.244 e. The monoisotopic (exact) mass is 413 g/mol. The van der Waals surface area contributed by atoms with E-state index in [1.807, 2.05) is 18.2 Å². The standard InChI is InChI=1S/C19H21Cl2NO3S/c1-25-18-12-17(21)19(13-16(18)20)26(23,24)22-9-7-15(8-10-22)11-14-5-3-2-4-6-14/h2-6,12-13,15H,7-11H2,1H3. The average molecular weight is 414 g/mol. The van der Waals surface area contributed by atoms with Crippen LogP contribution in [-0.2, 0) is 16.4 Å². The Morgan fingerprint density at radius 3 is 2.35 bits per heavy atom. The molecule has 140 valence electrons. The van der Waals surface area contributed by atoms with Crippen LogP contribution in [0.25, 0.3) is 0 Å². The number of piperidine rings is 1. The molecule has 0 unspecified atom stereocenters. The Morgan fingerprint density at radius 2 is 1.73 bits per heavy atom. The van der Waals surface area contributed by atoms with Crippen molar-refractivity contribution in [2.75, 3.05) is 20.2 Å². The second-order valence-electron chi connectivity index (χ2n) is 6.45. The van der Waals surface area contributed by atoms with Crippen LogP contribution in [0.4, 0.5) is 0 Å². The molecule has 0 N–H and O–H groups in total. The van der Waals surface area contributed by atoms with Crippen LogP contribution in [0.3, 0.4) is 0 Å². The van der Waals surface area contributed by atoms with Gasteiger partial charge in [0.25, 0.3) is 0 Å². The van der Waals surface area contributed by atoms with Crippen molar-refractivity contribution in [3.05, 3.63) is 58.1 Å². The van der Waals surface area contributed by atoms with Crippen LogP contribution in [0.1, 0.15) is 18.4 Å². The average Bonchev–Trinajstić information content (AvgIpc) is 2.64. The van der Waals surface area contributed by atoms with E-state index in [4.69, 9.17) is 27.9 Å².